The number of rotatable bonds is 10. The average Bonchev–Trinajstić information content (AvgIpc) is 2.50. The molecule has 1 rings (SSSR count). The van der Waals surface area contributed by atoms with E-state index in [0.717, 1.165) is 39.1 Å². The maximum atomic E-state index is 10.9. The second kappa shape index (κ2) is 14.0. The summed E-state index contributed by atoms with van der Waals surface area (Å²) in [5, 5.41) is 11.0. The number of ether oxygens (including phenoxy) is 2. The van der Waals surface area contributed by atoms with Gasteiger partial charge in [-0.1, -0.05) is 0 Å². The second-order valence-corrected chi connectivity index (χ2v) is 7.27. The van der Waals surface area contributed by atoms with Crippen LogP contribution in [-0.2, 0) is 19.5 Å². The molecule has 0 unspecified atom stereocenters. The van der Waals surface area contributed by atoms with Crippen molar-refractivity contribution in [2.75, 3.05) is 51.8 Å². The molecule has 0 aromatic rings. The van der Waals surface area contributed by atoms with Crippen molar-refractivity contribution in [3.05, 3.63) is 0 Å². The van der Waals surface area contributed by atoms with Gasteiger partial charge in [-0.2, -0.15) is 0 Å². The molecule has 1 saturated heterocycles. The van der Waals surface area contributed by atoms with Crippen molar-refractivity contribution in [1.82, 2.24) is 10.6 Å². The fourth-order valence-corrected chi connectivity index (χ4v) is 2.56. The van der Waals surface area contributed by atoms with Crippen LogP contribution in [0.3, 0.4) is 0 Å². The molecule has 4 N–H and O–H groups in total. The Morgan fingerprint density at radius 2 is 2.04 bits per heavy atom. The van der Waals surface area contributed by atoms with Crippen LogP contribution in [0.1, 0.15) is 26.2 Å². The van der Waals surface area contributed by atoms with Crippen LogP contribution >= 0.6 is 24.0 Å². The standard InChI is InChI=1S/C14H30N4O4S.HI/c1-2-16-14(18-7-11-23(15,19)20)17-6-3-8-22-12-13-4-9-21-10-5-13;/h13H,2-12H2,1H3,(H2,15,19,20)(H2,16,17,18);1H. The van der Waals surface area contributed by atoms with Crippen molar-refractivity contribution in [3.63, 3.8) is 0 Å². The number of primary sulfonamides is 1. The summed E-state index contributed by atoms with van der Waals surface area (Å²) in [4.78, 5) is 4.38. The van der Waals surface area contributed by atoms with Crippen molar-refractivity contribution in [3.8, 4) is 0 Å². The minimum Gasteiger partial charge on any atom is -0.381 e. The molecule has 0 bridgehead atoms. The van der Waals surface area contributed by atoms with Crippen LogP contribution in [0.4, 0.5) is 0 Å². The minimum atomic E-state index is -3.45. The summed E-state index contributed by atoms with van der Waals surface area (Å²) in [7, 11) is -3.45. The van der Waals surface area contributed by atoms with E-state index in [0.29, 0.717) is 31.6 Å². The number of sulfonamides is 1. The van der Waals surface area contributed by atoms with Gasteiger partial charge in [0.05, 0.1) is 5.75 Å². The maximum Gasteiger partial charge on any atom is 0.210 e. The lowest BCUT2D eigenvalue weighted by Gasteiger charge is -2.21. The van der Waals surface area contributed by atoms with Crippen LogP contribution in [0.2, 0.25) is 0 Å². The fraction of sp³-hybridized carbons (Fsp3) is 0.929. The predicted molar refractivity (Wildman–Crippen MR) is 106 cm³/mol. The third-order valence-electron chi connectivity index (χ3n) is 3.43. The van der Waals surface area contributed by atoms with Crippen LogP contribution in [0.15, 0.2) is 4.99 Å². The van der Waals surface area contributed by atoms with Crippen LogP contribution in [0, 0.1) is 5.92 Å². The van der Waals surface area contributed by atoms with E-state index in [1.54, 1.807) is 0 Å². The first-order valence-electron chi connectivity index (χ1n) is 8.19. The Bertz CT molecular complexity index is 442. The van der Waals surface area contributed by atoms with E-state index in [2.05, 4.69) is 15.6 Å². The first-order valence-corrected chi connectivity index (χ1v) is 9.91. The number of aliphatic imine (C=N–C) groups is 1. The number of guanidine groups is 1. The van der Waals surface area contributed by atoms with Crippen LogP contribution < -0.4 is 15.8 Å². The zero-order valence-corrected chi connectivity index (χ0v) is 17.5. The van der Waals surface area contributed by atoms with Gasteiger partial charge in [-0.15, -0.1) is 24.0 Å². The molecule has 1 aliphatic heterocycles. The van der Waals surface area contributed by atoms with Gasteiger partial charge in [0.25, 0.3) is 0 Å². The summed E-state index contributed by atoms with van der Waals surface area (Å²) in [5.41, 5.74) is 0. The maximum absolute atomic E-state index is 10.9. The van der Waals surface area contributed by atoms with Crippen LogP contribution in [-0.4, -0.2) is 66.2 Å². The first-order chi connectivity index (χ1) is 11.0. The molecule has 1 aliphatic rings. The minimum absolute atomic E-state index is 0. The summed E-state index contributed by atoms with van der Waals surface area (Å²) in [6.07, 6.45) is 2.99. The van der Waals surface area contributed by atoms with E-state index >= 15 is 0 Å². The third-order valence-corrected chi connectivity index (χ3v) is 4.21. The molecule has 0 aromatic heterocycles. The van der Waals surface area contributed by atoms with Crippen molar-refractivity contribution in [1.29, 1.82) is 0 Å². The predicted octanol–water partition coefficient (Wildman–Crippen LogP) is 0.281. The van der Waals surface area contributed by atoms with Gasteiger partial charge in [-0.05, 0) is 32.1 Å². The van der Waals surface area contributed by atoms with Crippen LogP contribution in [0.5, 0.6) is 0 Å². The number of halogens is 1. The van der Waals surface area contributed by atoms with E-state index in [-0.39, 0.29) is 36.3 Å². The van der Waals surface area contributed by atoms with Gasteiger partial charge in [-0.3, -0.25) is 4.99 Å². The number of nitrogens with one attached hydrogen (secondary N) is 2. The largest absolute Gasteiger partial charge is 0.381 e. The van der Waals surface area contributed by atoms with Gasteiger partial charge in [0.2, 0.25) is 10.0 Å². The molecule has 0 amide bonds. The quantitative estimate of drug-likeness (QED) is 0.180. The smallest absolute Gasteiger partial charge is 0.210 e. The number of hydrogen-bond acceptors (Lipinski definition) is 5. The lowest BCUT2D eigenvalue weighted by molar-refractivity contribution is 0.0205. The van der Waals surface area contributed by atoms with Gasteiger partial charge >= 0.3 is 0 Å². The Morgan fingerprint density at radius 1 is 1.33 bits per heavy atom. The van der Waals surface area contributed by atoms with Gasteiger partial charge in [0, 0.05) is 46.1 Å². The molecule has 0 radical (unpaired) electrons. The fourth-order valence-electron chi connectivity index (χ4n) is 2.17. The summed E-state index contributed by atoms with van der Waals surface area (Å²) in [5.74, 6) is 1.09. The molecule has 0 aliphatic carbocycles. The van der Waals surface area contributed by atoms with Gasteiger partial charge < -0.3 is 20.1 Å². The summed E-state index contributed by atoms with van der Waals surface area (Å²) >= 11 is 0. The topological polar surface area (TPSA) is 115 Å². The van der Waals surface area contributed by atoms with Gasteiger partial charge in [0.1, 0.15) is 0 Å². The number of nitrogens with two attached hydrogens (primary N) is 1. The highest BCUT2D eigenvalue weighted by Crippen LogP contribution is 2.14. The van der Waals surface area contributed by atoms with E-state index < -0.39 is 10.0 Å². The molecule has 0 aromatic carbocycles. The number of nitrogens with zero attached hydrogens (tertiary/aromatic N) is 1. The Labute approximate surface area is 162 Å². The Hall–Kier alpha value is -0.170. The second-order valence-electron chi connectivity index (χ2n) is 5.54. The third kappa shape index (κ3) is 13.2. The molecular formula is C14H31IN4O4S. The highest BCUT2D eigenvalue weighted by molar-refractivity contribution is 14.0. The van der Waals surface area contributed by atoms with Crippen molar-refractivity contribution in [2.45, 2.75) is 26.2 Å². The Balaban J connectivity index is 0.00000529. The summed E-state index contributed by atoms with van der Waals surface area (Å²) in [6, 6.07) is 0. The molecule has 0 atom stereocenters. The van der Waals surface area contributed by atoms with Crippen molar-refractivity contribution >= 4 is 40.0 Å². The zero-order valence-electron chi connectivity index (χ0n) is 14.3. The summed E-state index contributed by atoms with van der Waals surface area (Å²) < 4.78 is 32.8. The molecule has 8 nitrogen and oxygen atoms in total. The van der Waals surface area contributed by atoms with E-state index in [4.69, 9.17) is 14.6 Å². The van der Waals surface area contributed by atoms with E-state index in [1.807, 2.05) is 6.92 Å². The van der Waals surface area contributed by atoms with Gasteiger partial charge in [0.15, 0.2) is 5.96 Å². The van der Waals surface area contributed by atoms with Crippen molar-refractivity contribution in [2.24, 2.45) is 16.0 Å². The normalized spacial score (nSPS) is 16.5. The van der Waals surface area contributed by atoms with Crippen molar-refractivity contribution < 1.29 is 17.9 Å². The molecule has 0 saturated carbocycles. The first kappa shape index (κ1) is 23.8. The average molecular weight is 478 g/mol. The Morgan fingerprint density at radius 3 is 2.67 bits per heavy atom. The SMILES string of the molecule is CCNC(=NCCCOCC1CCOCC1)NCCS(N)(=O)=O.I. The Kier molecular flexibility index (Phi) is 13.9. The highest BCUT2D eigenvalue weighted by atomic mass is 127. The zero-order chi connectivity index (χ0) is 17.0. The lowest BCUT2D eigenvalue weighted by Crippen LogP contribution is -2.40. The molecular weight excluding hydrogens is 447 g/mol. The van der Waals surface area contributed by atoms with Gasteiger partial charge in [-0.25, -0.2) is 13.6 Å². The molecule has 1 fully saturated rings. The highest BCUT2D eigenvalue weighted by Gasteiger charge is 2.13. The number of hydrogen-bond donors (Lipinski definition) is 3. The molecule has 0 spiro atoms. The van der Waals surface area contributed by atoms with E-state index in [1.165, 1.54) is 0 Å². The molecule has 24 heavy (non-hydrogen) atoms. The molecule has 1 heterocycles. The van der Waals surface area contributed by atoms with Crippen LogP contribution in [0.25, 0.3) is 0 Å². The summed E-state index contributed by atoms with van der Waals surface area (Å²) in [6.45, 7) is 6.68. The monoisotopic (exact) mass is 478 g/mol. The molecule has 10 heteroatoms. The van der Waals surface area contributed by atoms with E-state index in [9.17, 15) is 8.42 Å². The molecule has 144 valence electrons. The lowest BCUT2D eigenvalue weighted by atomic mass is 10.0.